The van der Waals surface area contributed by atoms with Crippen molar-refractivity contribution in [3.05, 3.63) is 107 Å². The molecule has 0 radical (unpaired) electrons. The number of aliphatic imine (C=N–C) groups is 1. The molecule has 5 nitrogen and oxygen atoms in total. The molecule has 2 aliphatic carbocycles. The van der Waals surface area contributed by atoms with Crippen LogP contribution in [0.2, 0.25) is 0 Å². The number of carbonyl (C=O) groups excluding carboxylic acids is 1. The van der Waals surface area contributed by atoms with E-state index in [1.54, 1.807) is 7.11 Å². The molecule has 41 heavy (non-hydrogen) atoms. The average Bonchev–Trinajstić information content (AvgIpc) is 3.36. The second-order valence-electron chi connectivity index (χ2n) is 11.3. The molecule has 5 heteroatoms. The molecule has 1 heterocycles. The van der Waals surface area contributed by atoms with Crippen LogP contribution in [0.5, 0.6) is 5.75 Å². The van der Waals surface area contributed by atoms with Gasteiger partial charge in [0, 0.05) is 46.6 Å². The Morgan fingerprint density at radius 3 is 2.68 bits per heavy atom. The second kappa shape index (κ2) is 12.7. The number of hydrogen-bond donors (Lipinski definition) is 2. The third-order valence-electron chi connectivity index (χ3n) is 8.65. The molecular weight excluding hydrogens is 506 g/mol. The normalized spacial score (nSPS) is 22.1. The van der Waals surface area contributed by atoms with Gasteiger partial charge in [0.2, 0.25) is 0 Å². The summed E-state index contributed by atoms with van der Waals surface area (Å²) in [6.07, 6.45) is 19.1. The summed E-state index contributed by atoms with van der Waals surface area (Å²) < 4.78 is 5.55. The van der Waals surface area contributed by atoms with Gasteiger partial charge in [-0.1, -0.05) is 43.0 Å². The number of anilines is 1. The van der Waals surface area contributed by atoms with Gasteiger partial charge in [-0.2, -0.15) is 0 Å². The van der Waals surface area contributed by atoms with Crippen molar-refractivity contribution in [3.63, 3.8) is 0 Å². The molecule has 0 atom stereocenters. The zero-order valence-electron chi connectivity index (χ0n) is 24.5. The van der Waals surface area contributed by atoms with Gasteiger partial charge < -0.3 is 15.8 Å². The lowest BCUT2D eigenvalue weighted by Crippen LogP contribution is -2.26. The highest BCUT2D eigenvalue weighted by molar-refractivity contribution is 6.25. The standard InChI is InChI=1S/C36H41N3O2/c1-5-28-24(3)30(18-20-35(28)41-4)32-22-38-36-31(32)9-7-6-8-10-33(36)39-27-16-17-29(23(2)21-27)34(40)19-13-25-11-14-26(37)15-12-25/h5-7,9-10,16-18,20-22,25-26,39H,1,8,11-15,19,37H2,2-4H3/b7-6-,31-9?,33-10-. The highest BCUT2D eigenvalue weighted by atomic mass is 16.5. The fraction of sp³-hybridized carbons (Fsp3) is 0.333. The van der Waals surface area contributed by atoms with Gasteiger partial charge in [-0.3, -0.25) is 9.79 Å². The number of allylic oxidation sites excluding steroid dienone is 6. The van der Waals surface area contributed by atoms with Gasteiger partial charge in [0.25, 0.3) is 0 Å². The van der Waals surface area contributed by atoms with Crippen LogP contribution in [-0.2, 0) is 0 Å². The SMILES string of the molecule is C=Cc1c(OC)ccc(C2=CN=C3C2=C/C=C\C/C=C/3Nc2ccc(C(=O)CCC3CCC(N)CC3)c(C)c2)c1C. The summed E-state index contributed by atoms with van der Waals surface area (Å²) in [5, 5.41) is 3.61. The molecule has 212 valence electrons. The number of nitrogens with zero attached hydrogens (tertiary/aromatic N) is 1. The van der Waals surface area contributed by atoms with Crippen LogP contribution in [0.15, 0.2) is 83.7 Å². The highest BCUT2D eigenvalue weighted by Crippen LogP contribution is 2.38. The molecule has 2 aromatic carbocycles. The minimum absolute atomic E-state index is 0.229. The smallest absolute Gasteiger partial charge is 0.163 e. The summed E-state index contributed by atoms with van der Waals surface area (Å²) in [5.74, 6) is 1.66. The van der Waals surface area contributed by atoms with Gasteiger partial charge in [-0.15, -0.1) is 0 Å². The summed E-state index contributed by atoms with van der Waals surface area (Å²) >= 11 is 0. The quantitative estimate of drug-likeness (QED) is 0.311. The van der Waals surface area contributed by atoms with Crippen molar-refractivity contribution in [3.8, 4) is 5.75 Å². The molecule has 0 bridgehead atoms. The first-order valence-corrected chi connectivity index (χ1v) is 14.7. The van der Waals surface area contributed by atoms with E-state index in [1.165, 1.54) is 0 Å². The van der Waals surface area contributed by atoms with Crippen molar-refractivity contribution in [2.45, 2.75) is 64.8 Å². The van der Waals surface area contributed by atoms with E-state index >= 15 is 0 Å². The number of aryl methyl sites for hydroxylation is 1. The van der Waals surface area contributed by atoms with Crippen molar-refractivity contribution in [1.29, 1.82) is 0 Å². The Labute approximate surface area is 244 Å². The molecule has 0 aromatic heterocycles. The zero-order chi connectivity index (χ0) is 28.9. The van der Waals surface area contributed by atoms with Gasteiger partial charge in [-0.25, -0.2) is 0 Å². The molecule has 3 N–H and O–H groups in total. The van der Waals surface area contributed by atoms with E-state index in [2.05, 4.69) is 55.3 Å². The summed E-state index contributed by atoms with van der Waals surface area (Å²) in [6, 6.07) is 10.5. The van der Waals surface area contributed by atoms with Gasteiger partial charge >= 0.3 is 0 Å². The lowest BCUT2D eigenvalue weighted by Gasteiger charge is -2.25. The minimum Gasteiger partial charge on any atom is -0.496 e. The third-order valence-corrected chi connectivity index (χ3v) is 8.65. The third kappa shape index (κ3) is 6.20. The van der Waals surface area contributed by atoms with E-state index in [0.29, 0.717) is 18.4 Å². The fourth-order valence-electron chi connectivity index (χ4n) is 6.21. The number of ketones is 1. The highest BCUT2D eigenvalue weighted by Gasteiger charge is 2.25. The summed E-state index contributed by atoms with van der Waals surface area (Å²) in [7, 11) is 1.68. The van der Waals surface area contributed by atoms with E-state index in [-0.39, 0.29) is 5.78 Å². The summed E-state index contributed by atoms with van der Waals surface area (Å²) in [5.41, 5.74) is 16.0. The number of nitrogens with two attached hydrogens (primary N) is 1. The number of nitrogens with one attached hydrogen (secondary N) is 1. The number of Topliss-reactive ketones (excluding diaryl/α,β-unsaturated/α-hetero) is 1. The molecule has 1 aliphatic heterocycles. The lowest BCUT2D eigenvalue weighted by molar-refractivity contribution is 0.0969. The van der Waals surface area contributed by atoms with E-state index in [1.807, 2.05) is 37.4 Å². The van der Waals surface area contributed by atoms with Crippen LogP contribution in [0.25, 0.3) is 11.6 Å². The number of benzene rings is 2. The Morgan fingerprint density at radius 1 is 1.15 bits per heavy atom. The van der Waals surface area contributed by atoms with Crippen molar-refractivity contribution in [2.75, 3.05) is 12.4 Å². The number of methoxy groups -OCH3 is 1. The summed E-state index contributed by atoms with van der Waals surface area (Å²) in [6.45, 7) is 8.11. The first-order chi connectivity index (χ1) is 19.9. The Bertz CT molecular complexity index is 1500. The van der Waals surface area contributed by atoms with Gasteiger partial charge in [0.05, 0.1) is 18.5 Å². The number of rotatable bonds is 9. The van der Waals surface area contributed by atoms with Crippen molar-refractivity contribution < 1.29 is 9.53 Å². The van der Waals surface area contributed by atoms with Crippen LogP contribution in [0.3, 0.4) is 0 Å². The van der Waals surface area contributed by atoms with Crippen molar-refractivity contribution in [2.24, 2.45) is 16.6 Å². The Kier molecular flexibility index (Phi) is 8.84. The van der Waals surface area contributed by atoms with Crippen LogP contribution in [0.4, 0.5) is 5.69 Å². The van der Waals surface area contributed by atoms with E-state index in [4.69, 9.17) is 15.5 Å². The van der Waals surface area contributed by atoms with Crippen molar-refractivity contribution >= 4 is 28.8 Å². The van der Waals surface area contributed by atoms with Gasteiger partial charge in [0.15, 0.2) is 5.78 Å². The molecular formula is C36H41N3O2. The van der Waals surface area contributed by atoms with Gasteiger partial charge in [0.1, 0.15) is 5.75 Å². The van der Waals surface area contributed by atoms with Gasteiger partial charge in [-0.05, 0) is 99.2 Å². The zero-order valence-corrected chi connectivity index (χ0v) is 24.5. The predicted molar refractivity (Wildman–Crippen MR) is 171 cm³/mol. The molecule has 3 aliphatic rings. The molecule has 5 rings (SSSR count). The largest absolute Gasteiger partial charge is 0.496 e. The van der Waals surface area contributed by atoms with E-state index < -0.39 is 0 Å². The average molecular weight is 548 g/mol. The minimum atomic E-state index is 0.229. The first kappa shape index (κ1) is 28.6. The maximum Gasteiger partial charge on any atom is 0.163 e. The maximum absolute atomic E-state index is 13.1. The molecule has 0 amide bonds. The second-order valence-corrected chi connectivity index (χ2v) is 11.3. The maximum atomic E-state index is 13.1. The Hall–Kier alpha value is -3.96. The fourth-order valence-corrected chi connectivity index (χ4v) is 6.21. The number of hydrogen-bond acceptors (Lipinski definition) is 5. The van der Waals surface area contributed by atoms with E-state index in [9.17, 15) is 4.79 Å². The number of fused-ring (bicyclic) bond motifs is 1. The Morgan fingerprint density at radius 2 is 1.95 bits per heavy atom. The molecule has 1 saturated carbocycles. The summed E-state index contributed by atoms with van der Waals surface area (Å²) in [4.78, 5) is 18.0. The van der Waals surface area contributed by atoms with Crippen LogP contribution >= 0.6 is 0 Å². The molecule has 2 aromatic rings. The van der Waals surface area contributed by atoms with Crippen LogP contribution < -0.4 is 15.8 Å². The van der Waals surface area contributed by atoms with Crippen LogP contribution in [0, 0.1) is 19.8 Å². The molecule has 0 unspecified atom stereocenters. The molecule has 0 saturated heterocycles. The Balaban J connectivity index is 1.31. The van der Waals surface area contributed by atoms with Crippen molar-refractivity contribution in [1.82, 2.24) is 0 Å². The number of ether oxygens (including phenoxy) is 1. The lowest BCUT2D eigenvalue weighted by atomic mass is 9.83. The van der Waals surface area contributed by atoms with Crippen LogP contribution in [0.1, 0.15) is 77.6 Å². The topological polar surface area (TPSA) is 76.7 Å². The molecule has 1 fully saturated rings. The van der Waals surface area contributed by atoms with Crippen LogP contribution in [-0.4, -0.2) is 24.6 Å². The van der Waals surface area contributed by atoms with E-state index in [0.717, 1.165) is 100 Å². The molecule has 0 spiro atoms. The predicted octanol–water partition coefficient (Wildman–Crippen LogP) is 8.11. The monoisotopic (exact) mass is 547 g/mol. The number of carbonyl (C=O) groups is 1. The first-order valence-electron chi connectivity index (χ1n) is 14.7.